The smallest absolute Gasteiger partial charge is 0.230 e. The number of thioether (sulfide) groups is 2. The number of aromatic nitrogens is 1. The van der Waals surface area contributed by atoms with Gasteiger partial charge >= 0.3 is 0 Å². The molecule has 0 aliphatic carbocycles. The first kappa shape index (κ1) is 25.2. The van der Waals surface area contributed by atoms with Crippen molar-refractivity contribution in [3.63, 3.8) is 0 Å². The Morgan fingerprint density at radius 2 is 1.88 bits per heavy atom. The zero-order chi connectivity index (χ0) is 23.6. The standard InChI is InChI=1S/C26H32N2O3S2/c1-5-6-15-30-22-11-7-20(8-12-22)18(2)27-25(29)17-33-16-24-19(3)31-26(28-24)21-9-13-23(32-4)14-10-21/h7-14,18H,5-6,15-17H2,1-4H3,(H,27,29)/t18-/m0/s1. The first-order chi connectivity index (χ1) is 16.0. The van der Waals surface area contributed by atoms with Gasteiger partial charge in [-0.1, -0.05) is 25.5 Å². The molecule has 0 saturated heterocycles. The second-order valence-electron chi connectivity index (χ2n) is 7.80. The Morgan fingerprint density at radius 3 is 2.55 bits per heavy atom. The molecule has 5 nitrogen and oxygen atoms in total. The van der Waals surface area contributed by atoms with Crippen LogP contribution in [0.2, 0.25) is 0 Å². The van der Waals surface area contributed by atoms with Crippen molar-refractivity contribution in [2.24, 2.45) is 0 Å². The van der Waals surface area contributed by atoms with Crippen LogP contribution in [0, 0.1) is 6.92 Å². The van der Waals surface area contributed by atoms with E-state index in [1.54, 1.807) is 11.8 Å². The van der Waals surface area contributed by atoms with E-state index < -0.39 is 0 Å². The van der Waals surface area contributed by atoms with Gasteiger partial charge in [-0.3, -0.25) is 4.79 Å². The highest BCUT2D eigenvalue weighted by atomic mass is 32.2. The van der Waals surface area contributed by atoms with Gasteiger partial charge in [0.05, 0.1) is 24.1 Å². The zero-order valence-electron chi connectivity index (χ0n) is 19.7. The molecule has 2 aromatic carbocycles. The zero-order valence-corrected chi connectivity index (χ0v) is 21.4. The van der Waals surface area contributed by atoms with Crippen LogP contribution < -0.4 is 10.1 Å². The number of hydrogen-bond acceptors (Lipinski definition) is 6. The number of ether oxygens (including phenoxy) is 1. The summed E-state index contributed by atoms with van der Waals surface area (Å²) in [6.07, 6.45) is 4.21. The Morgan fingerprint density at radius 1 is 1.15 bits per heavy atom. The summed E-state index contributed by atoms with van der Waals surface area (Å²) in [7, 11) is 0. The molecule has 1 atom stereocenters. The lowest BCUT2D eigenvalue weighted by atomic mass is 10.1. The SMILES string of the molecule is CCCCOc1ccc([C@H](C)NC(=O)CSCc2nc(-c3ccc(SC)cc3)oc2C)cc1. The third-order valence-electron chi connectivity index (χ3n) is 5.23. The summed E-state index contributed by atoms with van der Waals surface area (Å²) >= 11 is 3.24. The molecule has 176 valence electrons. The Hall–Kier alpha value is -2.38. The maximum Gasteiger partial charge on any atom is 0.230 e. The highest BCUT2D eigenvalue weighted by Crippen LogP contribution is 2.26. The molecule has 0 radical (unpaired) electrons. The number of nitrogens with one attached hydrogen (secondary N) is 1. The number of unbranched alkanes of at least 4 members (excludes halogenated alkanes) is 1. The fourth-order valence-corrected chi connectivity index (χ4v) is 4.45. The molecule has 0 bridgehead atoms. The molecule has 0 unspecified atom stereocenters. The van der Waals surface area contributed by atoms with E-state index in [-0.39, 0.29) is 11.9 Å². The molecule has 0 aliphatic rings. The minimum absolute atomic E-state index is 0.00444. The number of oxazole rings is 1. The van der Waals surface area contributed by atoms with Crippen LogP contribution in [0.5, 0.6) is 5.75 Å². The minimum atomic E-state index is -0.0626. The van der Waals surface area contributed by atoms with E-state index in [0.29, 0.717) is 17.4 Å². The van der Waals surface area contributed by atoms with Crippen molar-refractivity contribution < 1.29 is 13.9 Å². The van der Waals surface area contributed by atoms with Gasteiger partial charge in [-0.15, -0.1) is 23.5 Å². The molecule has 1 heterocycles. The van der Waals surface area contributed by atoms with Gasteiger partial charge in [0, 0.05) is 16.2 Å². The monoisotopic (exact) mass is 484 g/mol. The third kappa shape index (κ3) is 7.57. The lowest BCUT2D eigenvalue weighted by Gasteiger charge is -2.15. The number of rotatable bonds is 12. The largest absolute Gasteiger partial charge is 0.494 e. The van der Waals surface area contributed by atoms with E-state index in [2.05, 4.69) is 35.6 Å². The summed E-state index contributed by atoms with van der Waals surface area (Å²) < 4.78 is 11.6. The molecule has 0 aliphatic heterocycles. The summed E-state index contributed by atoms with van der Waals surface area (Å²) in [5.41, 5.74) is 2.89. The van der Waals surface area contributed by atoms with E-state index in [1.165, 1.54) is 16.7 Å². The molecule has 7 heteroatoms. The number of carbonyl (C=O) groups excluding carboxylic acids is 1. The van der Waals surface area contributed by atoms with E-state index in [4.69, 9.17) is 9.15 Å². The van der Waals surface area contributed by atoms with E-state index in [0.717, 1.165) is 47.8 Å². The summed E-state index contributed by atoms with van der Waals surface area (Å²) in [6, 6.07) is 16.0. The lowest BCUT2D eigenvalue weighted by Crippen LogP contribution is -2.28. The molecule has 0 fully saturated rings. The van der Waals surface area contributed by atoms with Crippen LogP contribution in [0.25, 0.3) is 11.5 Å². The molecule has 3 rings (SSSR count). The van der Waals surface area contributed by atoms with Crippen molar-refractivity contribution in [2.75, 3.05) is 18.6 Å². The minimum Gasteiger partial charge on any atom is -0.494 e. The molecule has 0 spiro atoms. The van der Waals surface area contributed by atoms with Crippen LogP contribution in [0.15, 0.2) is 57.8 Å². The normalized spacial score (nSPS) is 11.9. The van der Waals surface area contributed by atoms with Crippen molar-refractivity contribution in [1.82, 2.24) is 10.3 Å². The number of nitrogens with zero attached hydrogens (tertiary/aromatic N) is 1. The number of amides is 1. The molecule has 0 saturated carbocycles. The second kappa shape index (κ2) is 12.8. The summed E-state index contributed by atoms with van der Waals surface area (Å²) in [4.78, 5) is 18.3. The van der Waals surface area contributed by atoms with Gasteiger partial charge in [-0.25, -0.2) is 4.98 Å². The Labute approximate surface area is 205 Å². The molecular weight excluding hydrogens is 452 g/mol. The summed E-state index contributed by atoms with van der Waals surface area (Å²) in [5, 5.41) is 3.06. The molecule has 33 heavy (non-hydrogen) atoms. The maximum absolute atomic E-state index is 12.4. The lowest BCUT2D eigenvalue weighted by molar-refractivity contribution is -0.119. The van der Waals surface area contributed by atoms with Crippen LogP contribution in [-0.2, 0) is 10.5 Å². The van der Waals surface area contributed by atoms with Crippen molar-refractivity contribution in [3.05, 3.63) is 65.5 Å². The number of aryl methyl sites for hydroxylation is 1. The fraction of sp³-hybridized carbons (Fsp3) is 0.385. The first-order valence-corrected chi connectivity index (χ1v) is 13.6. The van der Waals surface area contributed by atoms with Crippen molar-refractivity contribution in [1.29, 1.82) is 0 Å². The molecule has 1 amide bonds. The Bertz CT molecular complexity index is 1020. The predicted octanol–water partition coefficient (Wildman–Crippen LogP) is 6.66. The highest BCUT2D eigenvalue weighted by Gasteiger charge is 2.14. The average Bonchev–Trinajstić information content (AvgIpc) is 3.20. The first-order valence-electron chi connectivity index (χ1n) is 11.2. The predicted molar refractivity (Wildman–Crippen MR) is 138 cm³/mol. The van der Waals surface area contributed by atoms with Gasteiger partial charge in [0.2, 0.25) is 11.8 Å². The van der Waals surface area contributed by atoms with E-state index in [9.17, 15) is 4.79 Å². The van der Waals surface area contributed by atoms with E-state index >= 15 is 0 Å². The summed E-state index contributed by atoms with van der Waals surface area (Å²) in [6.45, 7) is 6.79. The van der Waals surface area contributed by atoms with Crippen molar-refractivity contribution in [3.8, 4) is 17.2 Å². The van der Waals surface area contributed by atoms with Crippen LogP contribution in [-0.4, -0.2) is 29.5 Å². The van der Waals surface area contributed by atoms with Crippen LogP contribution >= 0.6 is 23.5 Å². The maximum atomic E-state index is 12.4. The Kier molecular flexibility index (Phi) is 9.76. The quantitative estimate of drug-likeness (QED) is 0.229. The van der Waals surface area contributed by atoms with E-state index in [1.807, 2.05) is 50.2 Å². The van der Waals surface area contributed by atoms with Gasteiger partial charge in [0.15, 0.2) is 0 Å². The second-order valence-corrected chi connectivity index (χ2v) is 9.67. The van der Waals surface area contributed by atoms with Gasteiger partial charge < -0.3 is 14.5 Å². The van der Waals surface area contributed by atoms with Crippen molar-refractivity contribution in [2.45, 2.75) is 50.3 Å². The number of benzene rings is 2. The van der Waals surface area contributed by atoms with Crippen LogP contribution in [0.1, 0.15) is 49.7 Å². The van der Waals surface area contributed by atoms with Gasteiger partial charge in [-0.05, 0) is 68.5 Å². The van der Waals surface area contributed by atoms with Crippen molar-refractivity contribution >= 4 is 29.4 Å². The van der Waals surface area contributed by atoms with Gasteiger partial charge in [0.1, 0.15) is 11.5 Å². The average molecular weight is 485 g/mol. The molecule has 1 aromatic heterocycles. The highest BCUT2D eigenvalue weighted by molar-refractivity contribution is 7.99. The topological polar surface area (TPSA) is 64.4 Å². The Balaban J connectivity index is 1.45. The van der Waals surface area contributed by atoms with Gasteiger partial charge in [-0.2, -0.15) is 0 Å². The molecule has 1 N–H and O–H groups in total. The third-order valence-corrected chi connectivity index (χ3v) is 6.91. The summed E-state index contributed by atoms with van der Waals surface area (Å²) in [5.74, 6) is 3.28. The number of carbonyl (C=O) groups is 1. The van der Waals surface area contributed by atoms with Crippen LogP contribution in [0.4, 0.5) is 0 Å². The fourth-order valence-electron chi connectivity index (χ4n) is 3.21. The number of hydrogen-bond donors (Lipinski definition) is 1. The van der Waals surface area contributed by atoms with Gasteiger partial charge in [0.25, 0.3) is 0 Å². The molecular formula is C26H32N2O3S2. The molecule has 3 aromatic rings. The van der Waals surface area contributed by atoms with Crippen LogP contribution in [0.3, 0.4) is 0 Å².